The van der Waals surface area contributed by atoms with Gasteiger partial charge in [0.05, 0.1) is 37.9 Å². The van der Waals surface area contributed by atoms with Crippen molar-refractivity contribution in [2.45, 2.75) is 160 Å². The lowest BCUT2D eigenvalue weighted by Gasteiger charge is -2.51. The standard InChI is InChI=1S/C39H67ClO7Si2/c1-27(22-31(46-48(12,13)37(4,5)6)21-19-17-16-18-20-30-24-32(30)40)23-33(41)28(2)36-29(3)34(47-49(14,15)38(7,8)9)25-39(44-11,45-36)26-35(42)43-10/h16-17,19,21,23,28-34,36,41H,22,24-26H2,1-15H3/b17-16+,21-19+,27-23+/t28-,29-,30-,31+,32-,33-,34+,36+,39+/m1/s1. The number of carbonyl (C=O) groups excluding carboxylic acids is 1. The number of hydrogen-bond acceptors (Lipinski definition) is 7. The van der Waals surface area contributed by atoms with Crippen molar-refractivity contribution < 1.29 is 33.0 Å². The summed E-state index contributed by atoms with van der Waals surface area (Å²) in [5.74, 6) is 4.55. The van der Waals surface area contributed by atoms with Gasteiger partial charge in [-0.2, -0.15) is 0 Å². The summed E-state index contributed by atoms with van der Waals surface area (Å²) in [6.45, 7) is 28.5. The van der Waals surface area contributed by atoms with E-state index in [4.69, 9.17) is 34.7 Å². The Bertz CT molecular complexity index is 1250. The molecule has 1 N–H and O–H groups in total. The fourth-order valence-corrected chi connectivity index (χ4v) is 8.43. The SMILES string of the molecule is COC(=O)C[C@]1(OC)C[C@H](O[Si](C)(C)C(C)(C)C)[C@@H](C)[C@H]([C@H](C)[C@H](O)/C=C(\C)C[C@H](/C=C/C=C/C#C[C@@H]2C[C@H]2Cl)O[Si](C)(C)C(C)(C)C)O1. The summed E-state index contributed by atoms with van der Waals surface area (Å²) in [6, 6.07) is 0. The fourth-order valence-electron chi connectivity index (χ4n) is 5.49. The topological polar surface area (TPSA) is 83.5 Å². The summed E-state index contributed by atoms with van der Waals surface area (Å²) >= 11 is 6.06. The van der Waals surface area contributed by atoms with Crippen LogP contribution in [0.1, 0.15) is 88.0 Å². The minimum absolute atomic E-state index is 0.00523. The molecule has 0 aromatic carbocycles. The number of ether oxygens (including phenoxy) is 3. The van der Waals surface area contributed by atoms with Crippen LogP contribution in [0.4, 0.5) is 0 Å². The van der Waals surface area contributed by atoms with Crippen LogP contribution < -0.4 is 0 Å². The molecule has 9 atom stereocenters. The summed E-state index contributed by atoms with van der Waals surface area (Å²) in [6.07, 6.45) is 10.1. The molecule has 7 nitrogen and oxygen atoms in total. The zero-order chi connectivity index (χ0) is 37.6. The lowest BCUT2D eigenvalue weighted by molar-refractivity contribution is -0.309. The second-order valence-corrected chi connectivity index (χ2v) is 27.4. The zero-order valence-electron chi connectivity index (χ0n) is 33.1. The maximum Gasteiger partial charge on any atom is 0.310 e. The molecule has 1 aliphatic heterocycles. The van der Waals surface area contributed by atoms with E-state index in [9.17, 15) is 9.90 Å². The number of rotatable bonds is 14. The molecule has 280 valence electrons. The molecule has 10 heteroatoms. The van der Waals surface area contributed by atoms with Gasteiger partial charge >= 0.3 is 5.97 Å². The Balaban J connectivity index is 2.34. The molecule has 2 aliphatic rings. The molecule has 2 fully saturated rings. The Morgan fingerprint density at radius 3 is 2.18 bits per heavy atom. The van der Waals surface area contributed by atoms with Gasteiger partial charge in [-0.05, 0) is 62.1 Å². The Kier molecular flexibility index (Phi) is 15.7. The molecule has 0 aromatic heterocycles. The third kappa shape index (κ3) is 12.7. The van der Waals surface area contributed by atoms with Crippen LogP contribution in [-0.2, 0) is 27.9 Å². The normalized spacial score (nSPS) is 29.0. The summed E-state index contributed by atoms with van der Waals surface area (Å²) in [7, 11) is -1.35. The molecule has 0 amide bonds. The van der Waals surface area contributed by atoms with Gasteiger partial charge in [-0.15, -0.1) is 11.6 Å². The lowest BCUT2D eigenvalue weighted by atomic mass is 9.80. The molecular weight excluding hydrogens is 672 g/mol. The number of methoxy groups -OCH3 is 2. The molecule has 1 saturated carbocycles. The van der Waals surface area contributed by atoms with E-state index in [0.717, 1.165) is 12.0 Å². The molecule has 0 aromatic rings. The van der Waals surface area contributed by atoms with Crippen LogP contribution in [0.5, 0.6) is 0 Å². The predicted molar refractivity (Wildman–Crippen MR) is 207 cm³/mol. The van der Waals surface area contributed by atoms with Crippen molar-refractivity contribution in [3.05, 3.63) is 36.0 Å². The molecule has 0 spiro atoms. The van der Waals surface area contributed by atoms with Crippen molar-refractivity contribution >= 4 is 34.2 Å². The summed E-state index contributed by atoms with van der Waals surface area (Å²) in [5.41, 5.74) is 1.02. The van der Waals surface area contributed by atoms with Crippen LogP contribution >= 0.6 is 11.6 Å². The van der Waals surface area contributed by atoms with Crippen molar-refractivity contribution in [1.82, 2.24) is 0 Å². The highest BCUT2D eigenvalue weighted by molar-refractivity contribution is 6.74. The number of carbonyl (C=O) groups is 1. The first-order valence-corrected chi connectivity index (χ1v) is 24.1. The molecule has 1 aliphatic carbocycles. The van der Waals surface area contributed by atoms with E-state index in [0.29, 0.717) is 18.8 Å². The number of aliphatic hydroxyl groups excluding tert-OH is 1. The number of esters is 1. The average Bonchev–Trinajstić information content (AvgIpc) is 3.68. The first kappa shape index (κ1) is 43.9. The van der Waals surface area contributed by atoms with Gasteiger partial charge in [-0.3, -0.25) is 4.79 Å². The zero-order valence-corrected chi connectivity index (χ0v) is 35.9. The van der Waals surface area contributed by atoms with E-state index in [1.807, 2.05) is 38.2 Å². The molecular formula is C39H67ClO7Si2. The van der Waals surface area contributed by atoms with Crippen LogP contribution in [-0.4, -0.2) is 77.5 Å². The van der Waals surface area contributed by atoms with E-state index < -0.39 is 40.6 Å². The second-order valence-electron chi connectivity index (χ2n) is 17.3. The van der Waals surface area contributed by atoms with Crippen molar-refractivity contribution in [3.8, 4) is 11.8 Å². The highest BCUT2D eigenvalue weighted by atomic mass is 35.5. The number of allylic oxidation sites excluding steroid dienone is 3. The Morgan fingerprint density at radius 1 is 1.08 bits per heavy atom. The second kappa shape index (κ2) is 17.5. The molecule has 49 heavy (non-hydrogen) atoms. The van der Waals surface area contributed by atoms with E-state index in [1.165, 1.54) is 7.11 Å². The van der Waals surface area contributed by atoms with Crippen molar-refractivity contribution in [3.63, 3.8) is 0 Å². The van der Waals surface area contributed by atoms with Crippen molar-refractivity contribution in [2.24, 2.45) is 17.8 Å². The largest absolute Gasteiger partial charge is 0.469 e. The van der Waals surface area contributed by atoms with Gasteiger partial charge in [-0.1, -0.05) is 97.1 Å². The van der Waals surface area contributed by atoms with Crippen LogP contribution in [0, 0.1) is 29.6 Å². The summed E-state index contributed by atoms with van der Waals surface area (Å²) < 4.78 is 31.5. The van der Waals surface area contributed by atoms with Gasteiger partial charge in [0.2, 0.25) is 0 Å². The summed E-state index contributed by atoms with van der Waals surface area (Å²) in [5, 5.41) is 11.9. The minimum Gasteiger partial charge on any atom is -0.469 e. The minimum atomic E-state index is -2.19. The highest BCUT2D eigenvalue weighted by Crippen LogP contribution is 2.45. The molecule has 1 heterocycles. The van der Waals surface area contributed by atoms with Gasteiger partial charge in [0, 0.05) is 36.7 Å². The van der Waals surface area contributed by atoms with Gasteiger partial charge in [-0.25, -0.2) is 0 Å². The highest BCUT2D eigenvalue weighted by Gasteiger charge is 2.52. The molecule has 0 bridgehead atoms. The smallest absolute Gasteiger partial charge is 0.310 e. The quantitative estimate of drug-likeness (QED) is 0.0475. The van der Waals surface area contributed by atoms with Crippen LogP contribution in [0.15, 0.2) is 36.0 Å². The first-order chi connectivity index (χ1) is 22.4. The van der Waals surface area contributed by atoms with E-state index in [-0.39, 0.29) is 45.9 Å². The Morgan fingerprint density at radius 2 is 1.67 bits per heavy atom. The van der Waals surface area contributed by atoms with E-state index in [1.54, 1.807) is 7.11 Å². The molecule has 0 radical (unpaired) electrons. The van der Waals surface area contributed by atoms with Crippen LogP contribution in [0.2, 0.25) is 36.3 Å². The van der Waals surface area contributed by atoms with Crippen LogP contribution in [0.3, 0.4) is 0 Å². The van der Waals surface area contributed by atoms with Crippen molar-refractivity contribution in [1.29, 1.82) is 0 Å². The fraction of sp³-hybridized carbons (Fsp3) is 0.769. The number of hydrogen-bond donors (Lipinski definition) is 1. The van der Waals surface area contributed by atoms with Gasteiger partial charge < -0.3 is 28.2 Å². The Labute approximate surface area is 305 Å². The maximum atomic E-state index is 12.6. The number of alkyl halides is 1. The molecule has 0 unspecified atom stereocenters. The maximum absolute atomic E-state index is 12.6. The first-order valence-electron chi connectivity index (χ1n) is 17.9. The number of aliphatic hydroxyl groups is 1. The third-order valence-corrected chi connectivity index (χ3v) is 20.6. The van der Waals surface area contributed by atoms with E-state index in [2.05, 4.69) is 92.6 Å². The van der Waals surface area contributed by atoms with Crippen molar-refractivity contribution in [2.75, 3.05) is 14.2 Å². The Hall–Kier alpha value is -1.23. The predicted octanol–water partition coefficient (Wildman–Crippen LogP) is 9.17. The van der Waals surface area contributed by atoms with Gasteiger partial charge in [0.25, 0.3) is 0 Å². The lowest BCUT2D eigenvalue weighted by Crippen LogP contribution is -2.59. The third-order valence-electron chi connectivity index (χ3n) is 11.1. The monoisotopic (exact) mass is 738 g/mol. The van der Waals surface area contributed by atoms with Crippen LogP contribution in [0.25, 0.3) is 0 Å². The van der Waals surface area contributed by atoms with Gasteiger partial charge in [0.1, 0.15) is 0 Å². The van der Waals surface area contributed by atoms with E-state index >= 15 is 0 Å². The molecule has 1 saturated heterocycles. The molecule has 2 rings (SSSR count). The van der Waals surface area contributed by atoms with Gasteiger partial charge in [0.15, 0.2) is 22.4 Å². The number of halogens is 1. The summed E-state index contributed by atoms with van der Waals surface area (Å²) in [4.78, 5) is 12.6. The average molecular weight is 740 g/mol.